The van der Waals surface area contributed by atoms with Crippen molar-refractivity contribution in [3.63, 3.8) is 0 Å². The lowest BCUT2D eigenvalue weighted by Gasteiger charge is -2.23. The number of hydrogen-bond acceptors (Lipinski definition) is 5. The van der Waals surface area contributed by atoms with Crippen molar-refractivity contribution in [2.75, 3.05) is 41.7 Å². The molecule has 0 radical (unpaired) electrons. The third-order valence-electron chi connectivity index (χ3n) is 5.29. The molecule has 2 aromatic carbocycles. The molecule has 8 nitrogen and oxygen atoms in total. The quantitative estimate of drug-likeness (QED) is 0.506. The first-order valence-electron chi connectivity index (χ1n) is 10.6. The average Bonchev–Trinajstić information content (AvgIpc) is 3.09. The van der Waals surface area contributed by atoms with Gasteiger partial charge in [-0.25, -0.2) is 9.48 Å². The van der Waals surface area contributed by atoms with Gasteiger partial charge in [-0.1, -0.05) is 35.3 Å². The minimum atomic E-state index is -0.367. The molecular weight excluding hydrogens is 463 g/mol. The van der Waals surface area contributed by atoms with Gasteiger partial charge in [-0.3, -0.25) is 4.79 Å². The Labute approximate surface area is 201 Å². The van der Waals surface area contributed by atoms with Crippen LogP contribution in [0.2, 0.25) is 10.0 Å². The topological polar surface area (TPSA) is 91.3 Å². The predicted octanol–water partition coefficient (Wildman–Crippen LogP) is 4.04. The third kappa shape index (κ3) is 6.04. The third-order valence-corrected chi connectivity index (χ3v) is 5.90. The van der Waals surface area contributed by atoms with Crippen LogP contribution in [0.3, 0.4) is 0 Å². The van der Waals surface area contributed by atoms with Gasteiger partial charge in [0.15, 0.2) is 0 Å². The Morgan fingerprint density at radius 2 is 1.64 bits per heavy atom. The largest absolute Gasteiger partial charge is 0.368 e. The fraction of sp³-hybridized carbons (Fsp3) is 0.261. The zero-order chi connectivity index (χ0) is 23.2. The van der Waals surface area contributed by atoms with Crippen molar-refractivity contribution in [2.45, 2.75) is 13.0 Å². The molecule has 1 aliphatic heterocycles. The van der Waals surface area contributed by atoms with Gasteiger partial charge in [-0.05, 0) is 54.9 Å². The van der Waals surface area contributed by atoms with Crippen LogP contribution in [-0.2, 0) is 6.54 Å². The van der Waals surface area contributed by atoms with Crippen LogP contribution in [0, 0.1) is 0 Å². The van der Waals surface area contributed by atoms with Crippen molar-refractivity contribution in [3.8, 4) is 0 Å². The monoisotopic (exact) mass is 486 g/mol. The molecule has 2 heterocycles. The maximum absolute atomic E-state index is 12.8. The van der Waals surface area contributed by atoms with E-state index in [-0.39, 0.29) is 23.2 Å². The van der Waals surface area contributed by atoms with Crippen LogP contribution in [0.25, 0.3) is 0 Å². The molecule has 0 saturated carbocycles. The lowest BCUT2D eigenvalue weighted by atomic mass is 10.2. The number of rotatable bonds is 5. The molecule has 0 aliphatic carbocycles. The van der Waals surface area contributed by atoms with Crippen LogP contribution >= 0.6 is 23.2 Å². The summed E-state index contributed by atoms with van der Waals surface area (Å²) in [6.45, 7) is 3.68. The van der Waals surface area contributed by atoms with Crippen LogP contribution < -0.4 is 26.4 Å². The van der Waals surface area contributed by atoms with Gasteiger partial charge in [0.2, 0.25) is 0 Å². The molecule has 1 aliphatic rings. The van der Waals surface area contributed by atoms with Crippen molar-refractivity contribution in [1.29, 1.82) is 0 Å². The van der Waals surface area contributed by atoms with E-state index < -0.39 is 0 Å². The van der Waals surface area contributed by atoms with Gasteiger partial charge < -0.3 is 20.9 Å². The molecule has 1 saturated heterocycles. The Bertz CT molecular complexity index is 1160. The molecular formula is C23H24Cl2N6O2. The molecule has 1 aromatic heterocycles. The van der Waals surface area contributed by atoms with Gasteiger partial charge in [-0.15, -0.1) is 0 Å². The van der Waals surface area contributed by atoms with Crippen molar-refractivity contribution >= 4 is 46.3 Å². The summed E-state index contributed by atoms with van der Waals surface area (Å²) in [5.74, 6) is 0. The fourth-order valence-electron chi connectivity index (χ4n) is 3.57. The molecule has 0 atom stereocenters. The van der Waals surface area contributed by atoms with Gasteiger partial charge in [0.1, 0.15) is 5.02 Å². The van der Waals surface area contributed by atoms with Gasteiger partial charge in [0, 0.05) is 36.0 Å². The maximum atomic E-state index is 12.8. The predicted molar refractivity (Wildman–Crippen MR) is 133 cm³/mol. The van der Waals surface area contributed by atoms with Crippen LogP contribution in [-0.4, -0.2) is 42.0 Å². The molecule has 10 heteroatoms. The number of carbonyl (C=O) groups is 1. The fourth-order valence-corrected chi connectivity index (χ4v) is 3.96. The van der Waals surface area contributed by atoms with Crippen LogP contribution in [0.1, 0.15) is 12.0 Å². The molecule has 1 fully saturated rings. The lowest BCUT2D eigenvalue weighted by molar-refractivity contribution is 0.262. The summed E-state index contributed by atoms with van der Waals surface area (Å²) < 4.78 is 1.34. The zero-order valence-corrected chi connectivity index (χ0v) is 19.4. The van der Waals surface area contributed by atoms with E-state index in [1.165, 1.54) is 4.68 Å². The van der Waals surface area contributed by atoms with Crippen molar-refractivity contribution in [3.05, 3.63) is 80.7 Å². The van der Waals surface area contributed by atoms with Gasteiger partial charge in [0.05, 0.1) is 18.4 Å². The van der Waals surface area contributed by atoms with E-state index >= 15 is 0 Å². The van der Waals surface area contributed by atoms with E-state index in [4.69, 9.17) is 23.2 Å². The molecule has 3 aromatic rings. The number of aromatic nitrogens is 2. The number of urea groups is 1. The molecule has 33 heavy (non-hydrogen) atoms. The molecule has 0 bridgehead atoms. The van der Waals surface area contributed by atoms with Crippen molar-refractivity contribution in [1.82, 2.24) is 15.1 Å². The van der Waals surface area contributed by atoms with E-state index in [9.17, 15) is 9.59 Å². The second-order valence-electron chi connectivity index (χ2n) is 7.68. The van der Waals surface area contributed by atoms with Crippen LogP contribution in [0.5, 0.6) is 0 Å². The Morgan fingerprint density at radius 1 is 0.970 bits per heavy atom. The Balaban J connectivity index is 1.39. The highest BCUT2D eigenvalue weighted by Gasteiger charge is 2.17. The molecule has 4 rings (SSSR count). The highest BCUT2D eigenvalue weighted by Crippen LogP contribution is 2.22. The van der Waals surface area contributed by atoms with Gasteiger partial charge in [0.25, 0.3) is 5.56 Å². The van der Waals surface area contributed by atoms with E-state index in [1.807, 2.05) is 12.1 Å². The number of amides is 2. The number of nitrogens with one attached hydrogen (secondary N) is 3. The second-order valence-corrected chi connectivity index (χ2v) is 8.49. The summed E-state index contributed by atoms with van der Waals surface area (Å²) in [6, 6.07) is 13.7. The van der Waals surface area contributed by atoms with Crippen molar-refractivity contribution < 1.29 is 4.79 Å². The number of benzene rings is 2. The van der Waals surface area contributed by atoms with E-state index in [1.54, 1.807) is 42.6 Å². The smallest absolute Gasteiger partial charge is 0.323 e. The first kappa shape index (κ1) is 23.1. The molecule has 2 amide bonds. The average molecular weight is 487 g/mol. The zero-order valence-electron chi connectivity index (χ0n) is 17.9. The van der Waals surface area contributed by atoms with E-state index in [0.29, 0.717) is 22.1 Å². The molecule has 0 spiro atoms. The normalized spacial score (nSPS) is 13.9. The summed E-state index contributed by atoms with van der Waals surface area (Å²) in [7, 11) is 0. The molecule has 172 valence electrons. The minimum absolute atomic E-state index is 0.184. The first-order chi connectivity index (χ1) is 16.0. The van der Waals surface area contributed by atoms with E-state index in [0.717, 1.165) is 38.2 Å². The van der Waals surface area contributed by atoms with E-state index in [2.05, 4.69) is 25.9 Å². The molecule has 0 unspecified atom stereocenters. The second kappa shape index (κ2) is 10.7. The number of nitrogens with zero attached hydrogens (tertiary/aromatic N) is 3. The first-order valence-corrected chi connectivity index (χ1v) is 11.4. The molecule has 3 N–H and O–H groups in total. The maximum Gasteiger partial charge on any atom is 0.323 e. The van der Waals surface area contributed by atoms with Crippen LogP contribution in [0.15, 0.2) is 59.5 Å². The van der Waals surface area contributed by atoms with Crippen molar-refractivity contribution in [2.24, 2.45) is 0 Å². The highest BCUT2D eigenvalue weighted by molar-refractivity contribution is 6.33. The summed E-state index contributed by atoms with van der Waals surface area (Å²) in [4.78, 5) is 27.1. The number of halogens is 2. The standard InChI is InChI=1S/C23H24Cl2N6O2/c24-17-4-8-19(9-5-17)29-23(33)28-18-6-2-16(3-7-18)15-31-22(32)21(25)20(14-27-31)30-12-1-10-26-11-13-30/h2-9,14,26H,1,10-13,15H2,(H2,28,29,33). The Hall–Kier alpha value is -3.07. The number of hydrogen-bond donors (Lipinski definition) is 3. The highest BCUT2D eigenvalue weighted by atomic mass is 35.5. The Morgan fingerprint density at radius 3 is 2.33 bits per heavy atom. The van der Waals surface area contributed by atoms with Gasteiger partial charge >= 0.3 is 6.03 Å². The summed E-state index contributed by atoms with van der Waals surface area (Å²) in [6.07, 6.45) is 2.64. The lowest BCUT2D eigenvalue weighted by Crippen LogP contribution is -2.32. The summed E-state index contributed by atoms with van der Waals surface area (Å²) >= 11 is 12.3. The minimum Gasteiger partial charge on any atom is -0.368 e. The SMILES string of the molecule is O=C(Nc1ccc(Cl)cc1)Nc1ccc(Cn2ncc(N3CCCNCC3)c(Cl)c2=O)cc1. The Kier molecular flexibility index (Phi) is 7.49. The van der Waals surface area contributed by atoms with Crippen LogP contribution in [0.4, 0.5) is 21.9 Å². The summed E-state index contributed by atoms with van der Waals surface area (Å²) in [5.41, 5.74) is 2.46. The summed E-state index contributed by atoms with van der Waals surface area (Å²) in [5, 5.41) is 13.9. The van der Waals surface area contributed by atoms with Gasteiger partial charge in [-0.2, -0.15) is 5.10 Å². The number of anilines is 3. The number of carbonyl (C=O) groups excluding carboxylic acids is 1.